The minimum atomic E-state index is -0.822. The Morgan fingerprint density at radius 1 is 0.889 bits per heavy atom. The number of rotatable bonds is 4. The highest BCUT2D eigenvalue weighted by Crippen LogP contribution is 2.21. The van der Waals surface area contributed by atoms with E-state index >= 15 is 0 Å². The Labute approximate surface area is 105 Å². The van der Waals surface area contributed by atoms with Crippen molar-refractivity contribution < 1.29 is 19.1 Å². The highest BCUT2D eigenvalue weighted by atomic mass is 16.6. The summed E-state index contributed by atoms with van der Waals surface area (Å²) in [7, 11) is 0. The predicted molar refractivity (Wildman–Crippen MR) is 64.6 cm³/mol. The summed E-state index contributed by atoms with van der Waals surface area (Å²) in [4.78, 5) is 21.2. The number of hydrogen-bond donors (Lipinski definition) is 2. The van der Waals surface area contributed by atoms with Gasteiger partial charge in [-0.2, -0.15) is 0 Å². The molecule has 98 valence electrons. The van der Waals surface area contributed by atoms with Crippen LogP contribution in [0.1, 0.15) is 37.2 Å². The van der Waals surface area contributed by atoms with Crippen molar-refractivity contribution in [3.8, 4) is 0 Å². The van der Waals surface area contributed by atoms with Gasteiger partial charge in [0, 0.05) is 0 Å². The van der Waals surface area contributed by atoms with E-state index < -0.39 is 24.4 Å². The predicted octanol–water partition coefficient (Wildman–Crippen LogP) is 2.00. The van der Waals surface area contributed by atoms with E-state index in [1.165, 1.54) is 0 Å². The van der Waals surface area contributed by atoms with Gasteiger partial charge in [0.1, 0.15) is 12.2 Å². The number of carbonyl (C=O) groups excluding carboxylic acids is 2. The highest BCUT2D eigenvalue weighted by molar-refractivity contribution is 5.65. The lowest BCUT2D eigenvalue weighted by Gasteiger charge is -2.14. The summed E-state index contributed by atoms with van der Waals surface area (Å²) in [6.07, 6.45) is -2.50. The van der Waals surface area contributed by atoms with Gasteiger partial charge < -0.3 is 20.9 Å². The average molecular weight is 252 g/mol. The van der Waals surface area contributed by atoms with Crippen LogP contribution in [0.15, 0.2) is 24.3 Å². The Bertz CT molecular complexity index is 389. The second kappa shape index (κ2) is 5.90. The van der Waals surface area contributed by atoms with E-state index in [2.05, 4.69) is 0 Å². The van der Waals surface area contributed by atoms with Gasteiger partial charge >= 0.3 is 12.2 Å². The summed E-state index contributed by atoms with van der Waals surface area (Å²) in [5, 5.41) is 0. The molecule has 0 fully saturated rings. The smallest absolute Gasteiger partial charge is 0.405 e. The maximum atomic E-state index is 10.6. The van der Waals surface area contributed by atoms with Crippen LogP contribution in [-0.4, -0.2) is 12.2 Å². The zero-order valence-corrected chi connectivity index (χ0v) is 10.3. The van der Waals surface area contributed by atoms with Crippen LogP contribution >= 0.6 is 0 Å². The molecule has 2 amide bonds. The van der Waals surface area contributed by atoms with Gasteiger partial charge in [0.15, 0.2) is 0 Å². The molecule has 0 heterocycles. The maximum Gasteiger partial charge on any atom is 0.405 e. The van der Waals surface area contributed by atoms with Crippen LogP contribution in [0.5, 0.6) is 0 Å². The van der Waals surface area contributed by atoms with Crippen LogP contribution in [0.2, 0.25) is 0 Å². The molecule has 0 spiro atoms. The van der Waals surface area contributed by atoms with Gasteiger partial charge in [0.25, 0.3) is 0 Å². The van der Waals surface area contributed by atoms with Crippen LogP contribution in [-0.2, 0) is 9.47 Å². The molecule has 4 N–H and O–H groups in total. The monoisotopic (exact) mass is 252 g/mol. The first kappa shape index (κ1) is 13.8. The lowest BCUT2D eigenvalue weighted by Crippen LogP contribution is -2.16. The highest BCUT2D eigenvalue weighted by Gasteiger charge is 2.12. The fourth-order valence-electron chi connectivity index (χ4n) is 1.52. The van der Waals surface area contributed by atoms with Gasteiger partial charge in [-0.05, 0) is 25.0 Å². The molecule has 2 atom stereocenters. The van der Waals surface area contributed by atoms with Gasteiger partial charge in [-0.1, -0.05) is 24.3 Å². The molecule has 6 nitrogen and oxygen atoms in total. The molecule has 0 aromatic heterocycles. The number of primary amides is 2. The van der Waals surface area contributed by atoms with Crippen LogP contribution in [0.25, 0.3) is 0 Å². The molecule has 6 heteroatoms. The first-order valence-corrected chi connectivity index (χ1v) is 5.42. The summed E-state index contributed by atoms with van der Waals surface area (Å²) in [6, 6.07) is 7.07. The molecule has 2 unspecified atom stereocenters. The molecule has 0 aliphatic heterocycles. The third-order valence-electron chi connectivity index (χ3n) is 2.46. The number of carbonyl (C=O) groups is 2. The van der Waals surface area contributed by atoms with Gasteiger partial charge in [-0.3, -0.25) is 0 Å². The van der Waals surface area contributed by atoms with E-state index in [9.17, 15) is 9.59 Å². The zero-order chi connectivity index (χ0) is 13.7. The number of amides is 2. The van der Waals surface area contributed by atoms with Crippen molar-refractivity contribution in [3.63, 3.8) is 0 Å². The molecule has 0 saturated heterocycles. The summed E-state index contributed by atoms with van der Waals surface area (Å²) < 4.78 is 9.67. The van der Waals surface area contributed by atoms with E-state index in [0.29, 0.717) is 0 Å². The second-order valence-electron chi connectivity index (χ2n) is 3.82. The fraction of sp³-hybridized carbons (Fsp3) is 0.333. The van der Waals surface area contributed by atoms with Crippen molar-refractivity contribution in [3.05, 3.63) is 35.4 Å². The first-order valence-electron chi connectivity index (χ1n) is 5.42. The molecular weight excluding hydrogens is 236 g/mol. The molecular formula is C12H16N2O4. The van der Waals surface area contributed by atoms with Gasteiger partial charge in [-0.25, -0.2) is 9.59 Å². The maximum absolute atomic E-state index is 10.6. The molecule has 0 aliphatic rings. The van der Waals surface area contributed by atoms with Crippen molar-refractivity contribution in [1.29, 1.82) is 0 Å². The Morgan fingerprint density at radius 3 is 1.39 bits per heavy atom. The normalized spacial score (nSPS) is 13.4. The van der Waals surface area contributed by atoms with Crippen molar-refractivity contribution >= 4 is 12.2 Å². The van der Waals surface area contributed by atoms with Gasteiger partial charge in [0.2, 0.25) is 0 Å². The molecule has 0 aliphatic carbocycles. The van der Waals surface area contributed by atoms with Crippen molar-refractivity contribution in [2.75, 3.05) is 0 Å². The van der Waals surface area contributed by atoms with Crippen LogP contribution in [0.4, 0.5) is 9.59 Å². The lowest BCUT2D eigenvalue weighted by molar-refractivity contribution is 0.114. The molecule has 1 aromatic carbocycles. The van der Waals surface area contributed by atoms with E-state index in [0.717, 1.165) is 11.1 Å². The molecule has 18 heavy (non-hydrogen) atoms. The molecule has 0 saturated carbocycles. The van der Waals surface area contributed by atoms with E-state index in [1.54, 1.807) is 38.1 Å². The summed E-state index contributed by atoms with van der Waals surface area (Å²) in [5.74, 6) is 0. The first-order chi connectivity index (χ1) is 8.40. The van der Waals surface area contributed by atoms with Crippen molar-refractivity contribution in [2.24, 2.45) is 11.5 Å². The van der Waals surface area contributed by atoms with Gasteiger partial charge in [-0.15, -0.1) is 0 Å². The van der Waals surface area contributed by atoms with Crippen molar-refractivity contribution in [1.82, 2.24) is 0 Å². The van der Waals surface area contributed by atoms with Gasteiger partial charge in [0.05, 0.1) is 0 Å². The van der Waals surface area contributed by atoms with Crippen LogP contribution in [0, 0.1) is 0 Å². The molecule has 0 bridgehead atoms. The minimum absolute atomic E-state index is 0.427. The van der Waals surface area contributed by atoms with Crippen LogP contribution < -0.4 is 11.5 Å². The quantitative estimate of drug-likeness (QED) is 0.854. The zero-order valence-electron chi connectivity index (χ0n) is 10.3. The SMILES string of the molecule is CC(OC(N)=O)c1ccc(C(C)OC(N)=O)cc1. The second-order valence-corrected chi connectivity index (χ2v) is 3.82. The lowest BCUT2D eigenvalue weighted by atomic mass is 10.1. The third-order valence-corrected chi connectivity index (χ3v) is 2.46. The minimum Gasteiger partial charge on any atom is -0.442 e. The Hall–Kier alpha value is -2.24. The molecule has 1 rings (SSSR count). The number of hydrogen-bond acceptors (Lipinski definition) is 4. The Kier molecular flexibility index (Phi) is 4.53. The van der Waals surface area contributed by atoms with E-state index in [1.807, 2.05) is 0 Å². The average Bonchev–Trinajstić information content (AvgIpc) is 2.27. The number of benzene rings is 1. The summed E-state index contributed by atoms with van der Waals surface area (Å²) in [6.45, 7) is 3.42. The van der Waals surface area contributed by atoms with E-state index in [4.69, 9.17) is 20.9 Å². The van der Waals surface area contributed by atoms with E-state index in [-0.39, 0.29) is 0 Å². The summed E-state index contributed by atoms with van der Waals surface area (Å²) in [5.41, 5.74) is 11.5. The third kappa shape index (κ3) is 3.97. The Morgan fingerprint density at radius 2 is 1.17 bits per heavy atom. The molecule has 1 aromatic rings. The number of nitrogens with two attached hydrogens (primary N) is 2. The molecule has 0 radical (unpaired) electrons. The topological polar surface area (TPSA) is 105 Å². The number of ether oxygens (including phenoxy) is 2. The fourth-order valence-corrected chi connectivity index (χ4v) is 1.52. The summed E-state index contributed by atoms with van der Waals surface area (Å²) >= 11 is 0. The Balaban J connectivity index is 2.73. The van der Waals surface area contributed by atoms with Crippen LogP contribution in [0.3, 0.4) is 0 Å². The largest absolute Gasteiger partial charge is 0.442 e. The standard InChI is InChI=1S/C12H16N2O4/c1-7(17-11(13)15)9-3-5-10(6-4-9)8(2)18-12(14)16/h3-8H,1-2H3,(H2,13,15)(H2,14,16). The van der Waals surface area contributed by atoms with Crippen molar-refractivity contribution in [2.45, 2.75) is 26.1 Å².